The first-order chi connectivity index (χ1) is 5.86. The van der Waals surface area contributed by atoms with Gasteiger partial charge in [0, 0.05) is 5.92 Å². The van der Waals surface area contributed by atoms with Gasteiger partial charge in [-0.3, -0.25) is 0 Å². The lowest BCUT2D eigenvalue weighted by atomic mass is 10.0. The molecule has 2 rings (SSSR count). The van der Waals surface area contributed by atoms with E-state index in [1.54, 1.807) is 0 Å². The van der Waals surface area contributed by atoms with Crippen LogP contribution in [0.4, 0.5) is 6.01 Å². The van der Waals surface area contributed by atoms with Crippen molar-refractivity contribution < 1.29 is 4.52 Å². The molecule has 66 valence electrons. The first-order valence-corrected chi connectivity index (χ1v) is 5.18. The summed E-state index contributed by atoms with van der Waals surface area (Å²) < 4.78 is 4.73. The number of hydrogen-bond acceptors (Lipinski definition) is 5. The number of rotatable bonds is 1. The molecule has 2 N–H and O–H groups in total. The summed E-state index contributed by atoms with van der Waals surface area (Å²) in [7, 11) is 0. The highest BCUT2D eigenvalue weighted by Gasteiger charge is 2.20. The minimum absolute atomic E-state index is 0.184. The van der Waals surface area contributed by atoms with E-state index in [-0.39, 0.29) is 6.01 Å². The molecule has 5 heteroatoms. The van der Waals surface area contributed by atoms with Crippen LogP contribution in [0.2, 0.25) is 0 Å². The summed E-state index contributed by atoms with van der Waals surface area (Å²) >= 11 is 1.98. The Morgan fingerprint density at radius 2 is 2.17 bits per heavy atom. The van der Waals surface area contributed by atoms with Crippen LogP contribution in [0.3, 0.4) is 0 Å². The molecule has 2 heterocycles. The third-order valence-corrected chi connectivity index (χ3v) is 3.09. The van der Waals surface area contributed by atoms with Crippen molar-refractivity contribution in [3.05, 3.63) is 5.82 Å². The van der Waals surface area contributed by atoms with E-state index in [4.69, 9.17) is 10.3 Å². The predicted octanol–water partition coefficient (Wildman–Crippen LogP) is 1.26. The topological polar surface area (TPSA) is 64.9 Å². The van der Waals surface area contributed by atoms with E-state index in [0.717, 1.165) is 18.7 Å². The molecule has 0 saturated carbocycles. The molecule has 1 aliphatic rings. The molecule has 12 heavy (non-hydrogen) atoms. The van der Waals surface area contributed by atoms with Crippen LogP contribution in [-0.4, -0.2) is 21.6 Å². The van der Waals surface area contributed by atoms with Crippen molar-refractivity contribution in [1.82, 2.24) is 10.1 Å². The molecule has 0 spiro atoms. The summed E-state index contributed by atoms with van der Waals surface area (Å²) in [4.78, 5) is 4.03. The van der Waals surface area contributed by atoms with Gasteiger partial charge in [0.15, 0.2) is 5.82 Å². The minimum Gasteiger partial charge on any atom is -0.351 e. The van der Waals surface area contributed by atoms with Gasteiger partial charge >= 0.3 is 6.01 Å². The zero-order valence-corrected chi connectivity index (χ0v) is 7.51. The smallest absolute Gasteiger partial charge is 0.318 e. The van der Waals surface area contributed by atoms with Gasteiger partial charge in [0.05, 0.1) is 0 Å². The van der Waals surface area contributed by atoms with Crippen molar-refractivity contribution in [2.75, 3.05) is 17.2 Å². The van der Waals surface area contributed by atoms with Gasteiger partial charge in [0.25, 0.3) is 0 Å². The Bertz CT molecular complexity index is 257. The van der Waals surface area contributed by atoms with E-state index in [1.165, 1.54) is 11.5 Å². The first kappa shape index (κ1) is 7.91. The third kappa shape index (κ3) is 1.55. The predicted molar refractivity (Wildman–Crippen MR) is 48.0 cm³/mol. The number of nitrogens with zero attached hydrogens (tertiary/aromatic N) is 2. The molecule has 1 aromatic rings. The summed E-state index contributed by atoms with van der Waals surface area (Å²) in [5.41, 5.74) is 5.34. The molecule has 0 atom stereocenters. The van der Waals surface area contributed by atoms with Gasteiger partial charge < -0.3 is 10.3 Å². The van der Waals surface area contributed by atoms with Gasteiger partial charge in [-0.05, 0) is 24.3 Å². The van der Waals surface area contributed by atoms with Crippen LogP contribution in [-0.2, 0) is 0 Å². The van der Waals surface area contributed by atoms with Crippen molar-refractivity contribution >= 4 is 17.8 Å². The molecule has 0 unspecified atom stereocenters. The van der Waals surface area contributed by atoms with Gasteiger partial charge in [-0.25, -0.2) is 0 Å². The standard InChI is InChI=1S/C7H11N3OS/c8-7-9-6(10-11-7)5-1-3-12-4-2-5/h5H,1-4H2,(H2,8,9,10). The number of hydrogen-bond donors (Lipinski definition) is 1. The molecule has 0 bridgehead atoms. The molecule has 0 amide bonds. The van der Waals surface area contributed by atoms with Crippen LogP contribution in [0.5, 0.6) is 0 Å². The Balaban J connectivity index is 2.08. The molecule has 0 aromatic carbocycles. The average molecular weight is 185 g/mol. The highest BCUT2D eigenvalue weighted by atomic mass is 32.2. The van der Waals surface area contributed by atoms with Crippen LogP contribution >= 0.6 is 11.8 Å². The fourth-order valence-electron chi connectivity index (χ4n) is 1.37. The fraction of sp³-hybridized carbons (Fsp3) is 0.714. The van der Waals surface area contributed by atoms with Crippen LogP contribution in [0.15, 0.2) is 4.52 Å². The maximum atomic E-state index is 5.34. The number of aromatic nitrogens is 2. The molecule has 1 aromatic heterocycles. The Kier molecular flexibility index (Phi) is 2.21. The van der Waals surface area contributed by atoms with Crippen molar-refractivity contribution in [3.63, 3.8) is 0 Å². The van der Waals surface area contributed by atoms with E-state index >= 15 is 0 Å². The highest BCUT2D eigenvalue weighted by Crippen LogP contribution is 2.29. The molecule has 0 radical (unpaired) electrons. The number of anilines is 1. The van der Waals surface area contributed by atoms with Gasteiger partial charge in [-0.15, -0.1) is 0 Å². The average Bonchev–Trinajstić information content (AvgIpc) is 2.54. The van der Waals surface area contributed by atoms with Gasteiger partial charge in [-0.2, -0.15) is 16.7 Å². The molecule has 1 saturated heterocycles. The fourth-order valence-corrected chi connectivity index (χ4v) is 2.48. The zero-order chi connectivity index (χ0) is 8.39. The minimum atomic E-state index is 0.184. The van der Waals surface area contributed by atoms with E-state index in [0.29, 0.717) is 5.92 Å². The molecule has 1 aliphatic heterocycles. The lowest BCUT2D eigenvalue weighted by Gasteiger charge is -2.17. The van der Waals surface area contributed by atoms with E-state index in [9.17, 15) is 0 Å². The number of nitrogen functional groups attached to an aromatic ring is 1. The SMILES string of the molecule is Nc1nc(C2CCSCC2)no1. The van der Waals surface area contributed by atoms with Crippen molar-refractivity contribution in [3.8, 4) is 0 Å². The third-order valence-electron chi connectivity index (χ3n) is 2.04. The molecular weight excluding hydrogens is 174 g/mol. The Morgan fingerprint density at radius 3 is 2.75 bits per heavy atom. The Hall–Kier alpha value is -0.710. The second-order valence-corrected chi connectivity index (χ2v) is 4.10. The highest BCUT2D eigenvalue weighted by molar-refractivity contribution is 7.99. The van der Waals surface area contributed by atoms with Crippen molar-refractivity contribution in [2.24, 2.45) is 0 Å². The molecule has 4 nitrogen and oxygen atoms in total. The van der Waals surface area contributed by atoms with Crippen LogP contribution < -0.4 is 5.73 Å². The Morgan fingerprint density at radius 1 is 1.42 bits per heavy atom. The molecule has 0 aliphatic carbocycles. The zero-order valence-electron chi connectivity index (χ0n) is 6.69. The van der Waals surface area contributed by atoms with Crippen molar-refractivity contribution in [1.29, 1.82) is 0 Å². The van der Waals surface area contributed by atoms with Gasteiger partial charge in [0.2, 0.25) is 0 Å². The van der Waals surface area contributed by atoms with Gasteiger partial charge in [-0.1, -0.05) is 5.16 Å². The number of thioether (sulfide) groups is 1. The quantitative estimate of drug-likeness (QED) is 0.713. The molecule has 1 fully saturated rings. The van der Waals surface area contributed by atoms with E-state index in [1.807, 2.05) is 11.8 Å². The first-order valence-electron chi connectivity index (χ1n) is 4.03. The molecular formula is C7H11N3OS. The Labute approximate surface area is 74.9 Å². The van der Waals surface area contributed by atoms with Crippen LogP contribution in [0, 0.1) is 0 Å². The summed E-state index contributed by atoms with van der Waals surface area (Å²) in [5.74, 6) is 3.64. The monoisotopic (exact) mass is 185 g/mol. The summed E-state index contributed by atoms with van der Waals surface area (Å²) in [6, 6.07) is 0.184. The van der Waals surface area contributed by atoms with Gasteiger partial charge in [0.1, 0.15) is 0 Å². The summed E-state index contributed by atoms with van der Waals surface area (Å²) in [5, 5.41) is 3.82. The van der Waals surface area contributed by atoms with Crippen molar-refractivity contribution in [2.45, 2.75) is 18.8 Å². The number of nitrogens with two attached hydrogens (primary N) is 1. The maximum absolute atomic E-state index is 5.34. The summed E-state index contributed by atoms with van der Waals surface area (Å²) in [6.07, 6.45) is 2.28. The normalized spacial score (nSPS) is 19.7. The van der Waals surface area contributed by atoms with Crippen LogP contribution in [0.1, 0.15) is 24.6 Å². The summed E-state index contributed by atoms with van der Waals surface area (Å²) in [6.45, 7) is 0. The second kappa shape index (κ2) is 3.35. The van der Waals surface area contributed by atoms with E-state index in [2.05, 4.69) is 10.1 Å². The lowest BCUT2D eigenvalue weighted by Crippen LogP contribution is -2.09. The van der Waals surface area contributed by atoms with Crippen LogP contribution in [0.25, 0.3) is 0 Å². The van der Waals surface area contributed by atoms with E-state index < -0.39 is 0 Å². The lowest BCUT2D eigenvalue weighted by molar-refractivity contribution is 0.416. The largest absolute Gasteiger partial charge is 0.351 e. The maximum Gasteiger partial charge on any atom is 0.318 e. The second-order valence-electron chi connectivity index (χ2n) is 2.88.